The lowest BCUT2D eigenvalue weighted by Gasteiger charge is -2.42. The van der Waals surface area contributed by atoms with Gasteiger partial charge in [-0.05, 0) is 0 Å². The smallest absolute Gasteiger partial charge is 0.0842 e. The van der Waals surface area contributed by atoms with E-state index in [-0.39, 0.29) is 32.1 Å². The van der Waals surface area contributed by atoms with Crippen molar-refractivity contribution in [2.24, 2.45) is 0 Å². The standard InChI is InChI=1S/C5H15B16/c1-12-18(13(2)3)21(19(14(4)5)15(6)7)20(16(8)9)17(10)11/h1-5H3. The largest absolute Gasteiger partial charge is 0.101 e. The van der Waals surface area contributed by atoms with Gasteiger partial charge in [0.15, 0.2) is 0 Å². The molecule has 0 unspecified atom stereocenters. The van der Waals surface area contributed by atoms with Gasteiger partial charge in [0.1, 0.15) is 0 Å². The average Bonchev–Trinajstić information content (AvgIpc) is 2.26. The summed E-state index contributed by atoms with van der Waals surface area (Å²) in [6, 6.07) is 0. The maximum absolute atomic E-state index is 6.07. The van der Waals surface area contributed by atoms with Crippen molar-refractivity contribution in [3.05, 3.63) is 0 Å². The summed E-state index contributed by atoms with van der Waals surface area (Å²) in [7, 11) is 38.3. The van der Waals surface area contributed by atoms with Crippen molar-refractivity contribution in [1.82, 2.24) is 0 Å². The van der Waals surface area contributed by atoms with E-state index >= 15 is 0 Å². The molecule has 0 bridgehead atoms. The Bertz CT molecular complexity index is 240. The minimum absolute atomic E-state index is 0.0443. The Morgan fingerprint density at radius 2 is 0.952 bits per heavy atom. The molecule has 0 aromatic heterocycles. The molecule has 0 aliphatic heterocycles. The summed E-state index contributed by atoms with van der Waals surface area (Å²) in [5.74, 6) is 0. The topological polar surface area (TPSA) is 0 Å². The highest BCUT2D eigenvalue weighted by atomic mass is 13.4. The maximum Gasteiger partial charge on any atom is 0.0842 e. The van der Waals surface area contributed by atoms with Crippen LogP contribution in [0.4, 0.5) is 0 Å². The Hall–Kier alpha value is 1.04. The van der Waals surface area contributed by atoms with E-state index < -0.39 is 19.2 Å². The normalized spacial score (nSPS) is 9.38. The van der Waals surface area contributed by atoms with Gasteiger partial charge in [-0.15, -0.1) is 6.82 Å². The van der Waals surface area contributed by atoms with E-state index in [1.54, 1.807) is 0 Å². The Balaban J connectivity index is 5.83. The third-order valence-corrected chi connectivity index (χ3v) is 4.59. The van der Waals surface area contributed by atoms with Crippen molar-refractivity contribution < 1.29 is 0 Å². The second-order valence-corrected chi connectivity index (χ2v) is 6.86. The monoisotopic (exact) mass is 251 g/mol. The first-order valence-corrected chi connectivity index (χ1v) is 7.89. The van der Waals surface area contributed by atoms with Crippen molar-refractivity contribution in [3.8, 4) is 0 Å². The summed E-state index contributed by atoms with van der Waals surface area (Å²) in [5.41, 5.74) is 0. The van der Waals surface area contributed by atoms with Crippen molar-refractivity contribution in [3.63, 3.8) is 0 Å². The second-order valence-electron chi connectivity index (χ2n) is 6.86. The summed E-state index contributed by atoms with van der Waals surface area (Å²) >= 11 is 0. The van der Waals surface area contributed by atoms with Gasteiger partial charge in [0.2, 0.25) is 0 Å². The molecule has 13 radical (unpaired) electrons. The van der Waals surface area contributed by atoms with Gasteiger partial charge in [0, 0.05) is 91.1 Å². The van der Waals surface area contributed by atoms with Crippen LogP contribution in [0, 0.1) is 0 Å². The molecule has 0 rings (SSSR count). The van der Waals surface area contributed by atoms with Crippen LogP contribution in [0.3, 0.4) is 0 Å². The van der Waals surface area contributed by atoms with Gasteiger partial charge in [0.25, 0.3) is 0 Å². The first kappa shape index (κ1) is 22.0. The van der Waals surface area contributed by atoms with E-state index in [9.17, 15) is 0 Å². The van der Waals surface area contributed by atoms with Gasteiger partial charge >= 0.3 is 0 Å². The summed E-state index contributed by atoms with van der Waals surface area (Å²) in [6.45, 7) is 11.3. The van der Waals surface area contributed by atoms with Crippen LogP contribution in [0.15, 0.2) is 0 Å². The Morgan fingerprint density at radius 1 is 0.571 bits per heavy atom. The zero-order valence-electron chi connectivity index (χ0n) is 14.2. The fraction of sp³-hybridized carbons (Fsp3) is 1.00. The van der Waals surface area contributed by atoms with Crippen molar-refractivity contribution >= 4 is 111 Å². The molecule has 0 aliphatic carbocycles. The minimum atomic E-state index is -0.601. The summed E-state index contributed by atoms with van der Waals surface area (Å²) in [4.78, 5) is 0. The van der Waals surface area contributed by atoms with E-state index in [0.717, 1.165) is 0 Å². The molecular formula is C5H15B16. The quantitative estimate of drug-likeness (QED) is 0.378. The Morgan fingerprint density at radius 3 is 1.14 bits per heavy atom. The molecule has 21 heavy (non-hydrogen) atoms. The maximum atomic E-state index is 6.07. The zero-order chi connectivity index (χ0) is 16.9. The van der Waals surface area contributed by atoms with Crippen LogP contribution >= 0.6 is 0 Å². The number of hydrogen-bond acceptors (Lipinski definition) is 0. The van der Waals surface area contributed by atoms with Gasteiger partial charge in [-0.3, -0.25) is 0 Å². The van der Waals surface area contributed by atoms with Gasteiger partial charge in [-0.1, -0.05) is 27.3 Å². The van der Waals surface area contributed by atoms with E-state index in [1.807, 2.05) is 6.82 Å². The van der Waals surface area contributed by atoms with E-state index in [4.69, 9.17) is 46.4 Å². The first-order valence-electron chi connectivity index (χ1n) is 7.89. The number of rotatable bonds is 9. The van der Waals surface area contributed by atoms with Crippen molar-refractivity contribution in [1.29, 1.82) is 0 Å². The van der Waals surface area contributed by atoms with Crippen LogP contribution in [0.25, 0.3) is 0 Å². The van der Waals surface area contributed by atoms with Crippen LogP contribution in [-0.4, -0.2) is 111 Å². The van der Waals surface area contributed by atoms with Gasteiger partial charge in [-0.25, -0.2) is 0 Å². The molecule has 0 atom stereocenters. The number of hydrogen-bond donors (Lipinski definition) is 0. The van der Waals surface area contributed by atoms with Crippen LogP contribution < -0.4 is 0 Å². The fourth-order valence-electron chi connectivity index (χ4n) is 3.74. The molecule has 0 amide bonds. The molecule has 0 aromatic carbocycles. The lowest BCUT2D eigenvalue weighted by Crippen LogP contribution is -2.80. The molecule has 0 aromatic rings. The van der Waals surface area contributed by atoms with Gasteiger partial charge in [-0.2, -0.15) is 0 Å². The highest BCUT2D eigenvalue weighted by Crippen LogP contribution is 2.10. The van der Waals surface area contributed by atoms with Gasteiger partial charge < -0.3 is 0 Å². The average molecular weight is 248 g/mol. The van der Waals surface area contributed by atoms with Crippen LogP contribution in [0.5, 0.6) is 0 Å². The summed E-state index contributed by atoms with van der Waals surface area (Å²) in [6.07, 6.45) is -1.56. The molecule has 0 saturated carbocycles. The van der Waals surface area contributed by atoms with E-state index in [2.05, 4.69) is 34.5 Å². The van der Waals surface area contributed by atoms with Crippen LogP contribution in [0.2, 0.25) is 34.1 Å². The first-order chi connectivity index (χ1) is 9.56. The molecule has 0 fully saturated rings. The Kier molecular flexibility index (Phi) is 10.5. The molecule has 83 valence electrons. The lowest BCUT2D eigenvalue weighted by atomic mass is 8.41. The van der Waals surface area contributed by atoms with Crippen molar-refractivity contribution in [2.45, 2.75) is 34.1 Å². The third-order valence-electron chi connectivity index (χ3n) is 4.59. The van der Waals surface area contributed by atoms with E-state index in [1.165, 1.54) is 0 Å². The predicted octanol–water partition coefficient (Wildman–Crippen LogP) is -3.17. The molecule has 0 heterocycles. The van der Waals surface area contributed by atoms with Crippen LogP contribution in [0.1, 0.15) is 0 Å². The lowest BCUT2D eigenvalue weighted by molar-refractivity contribution is 2.09. The van der Waals surface area contributed by atoms with Gasteiger partial charge in [0.05, 0.1) is 20.4 Å². The highest BCUT2D eigenvalue weighted by molar-refractivity contribution is 8.16. The molecule has 0 nitrogen and oxygen atoms in total. The molecule has 0 N–H and O–H groups in total. The molecule has 16 heteroatoms. The predicted molar refractivity (Wildman–Crippen MR) is 121 cm³/mol. The van der Waals surface area contributed by atoms with Crippen molar-refractivity contribution in [2.75, 3.05) is 0 Å². The fourth-order valence-corrected chi connectivity index (χ4v) is 3.74. The molecule has 0 aliphatic rings. The molecule has 0 spiro atoms. The Labute approximate surface area is 145 Å². The molecular weight excluding hydrogens is 233 g/mol. The van der Waals surface area contributed by atoms with E-state index in [0.29, 0.717) is 6.60 Å². The SMILES string of the molecule is [B]B([B])B(B([B])[B])B(B([B]C)B(C)C)B(B([B])[B])B(C)C. The van der Waals surface area contributed by atoms with Crippen LogP contribution in [-0.2, 0) is 0 Å². The minimum Gasteiger partial charge on any atom is -0.101 e. The molecule has 0 saturated heterocycles. The second kappa shape index (κ2) is 10.0. The third kappa shape index (κ3) is 6.21. The summed E-state index contributed by atoms with van der Waals surface area (Å²) < 4.78 is 0. The highest BCUT2D eigenvalue weighted by Gasteiger charge is 2.46. The zero-order valence-corrected chi connectivity index (χ0v) is 14.2. The summed E-state index contributed by atoms with van der Waals surface area (Å²) in [5, 5.41) is 0.